The standard InChI is InChI=1S/C48H33N3/c1-30-14-12-23-39-45(30)36-20-8-10-22-37(36)48(39)38-27-26-33(28-44(38)51-43-25-11-9-19-34(43)35-21-13-24-40(48)46(35)51)47-49-41(31-15-4-2-5-16-31)29-42(50-47)32-17-6-3-7-18-32/h2-13,15-30H,14H2,1H3. The SMILES string of the molecule is CC1CC=CC2=C1c1ccccc1C21c2ccc(-c3nc(-c4ccccc4)cc(-c4ccccc4)n3)cc2-n2c3ccccc3c3cccc1c32. The molecule has 3 heterocycles. The van der Waals surface area contributed by atoms with Gasteiger partial charge in [0.05, 0.1) is 33.5 Å². The van der Waals surface area contributed by atoms with Gasteiger partial charge in [0, 0.05) is 27.5 Å². The zero-order valence-electron chi connectivity index (χ0n) is 28.2. The molecule has 11 rings (SSSR count). The van der Waals surface area contributed by atoms with Crippen LogP contribution >= 0.6 is 0 Å². The first-order valence-corrected chi connectivity index (χ1v) is 17.9. The van der Waals surface area contributed by atoms with Crippen LogP contribution in [0.5, 0.6) is 0 Å². The number of benzene rings is 6. The van der Waals surface area contributed by atoms with E-state index in [1.165, 1.54) is 60.9 Å². The van der Waals surface area contributed by atoms with Crippen LogP contribution in [0.2, 0.25) is 0 Å². The van der Waals surface area contributed by atoms with Crippen LogP contribution in [0.3, 0.4) is 0 Å². The molecule has 1 spiro atoms. The average molecular weight is 652 g/mol. The Morgan fingerprint density at radius 1 is 0.588 bits per heavy atom. The van der Waals surface area contributed by atoms with E-state index >= 15 is 0 Å². The lowest BCUT2D eigenvalue weighted by Gasteiger charge is -2.41. The van der Waals surface area contributed by atoms with E-state index in [2.05, 4.69) is 163 Å². The van der Waals surface area contributed by atoms with Crippen LogP contribution in [0.25, 0.3) is 67.0 Å². The quantitative estimate of drug-likeness (QED) is 0.190. The Labute approximate surface area is 296 Å². The monoisotopic (exact) mass is 651 g/mol. The molecule has 2 unspecified atom stereocenters. The fourth-order valence-electron chi connectivity index (χ4n) is 9.35. The van der Waals surface area contributed by atoms with Gasteiger partial charge in [0.1, 0.15) is 0 Å². The summed E-state index contributed by atoms with van der Waals surface area (Å²) in [5.41, 5.74) is 16.5. The number of hydrogen-bond acceptors (Lipinski definition) is 2. The van der Waals surface area contributed by atoms with Gasteiger partial charge >= 0.3 is 0 Å². The normalized spacial score (nSPS) is 18.3. The van der Waals surface area contributed by atoms with E-state index in [9.17, 15) is 0 Å². The second-order valence-corrected chi connectivity index (χ2v) is 14.1. The fraction of sp³-hybridized carbons (Fsp3) is 0.0833. The highest BCUT2D eigenvalue weighted by atomic mass is 15.0. The van der Waals surface area contributed by atoms with Crippen LogP contribution in [0.4, 0.5) is 0 Å². The van der Waals surface area contributed by atoms with Crippen LogP contribution in [0.15, 0.2) is 169 Å². The summed E-state index contributed by atoms with van der Waals surface area (Å²) in [4.78, 5) is 10.5. The summed E-state index contributed by atoms with van der Waals surface area (Å²) < 4.78 is 2.51. The van der Waals surface area contributed by atoms with Gasteiger partial charge in [0.25, 0.3) is 0 Å². The van der Waals surface area contributed by atoms with Gasteiger partial charge in [-0.25, -0.2) is 9.97 Å². The van der Waals surface area contributed by atoms with Crippen molar-refractivity contribution in [3.8, 4) is 39.6 Å². The van der Waals surface area contributed by atoms with E-state index in [4.69, 9.17) is 9.97 Å². The molecular weight excluding hydrogens is 619 g/mol. The summed E-state index contributed by atoms with van der Waals surface area (Å²) in [7, 11) is 0. The zero-order chi connectivity index (χ0) is 33.7. The van der Waals surface area contributed by atoms with E-state index in [-0.39, 0.29) is 0 Å². The van der Waals surface area contributed by atoms with E-state index < -0.39 is 5.41 Å². The topological polar surface area (TPSA) is 30.7 Å². The minimum Gasteiger partial charge on any atom is -0.309 e. The Kier molecular flexibility index (Phi) is 5.92. The van der Waals surface area contributed by atoms with Gasteiger partial charge in [-0.3, -0.25) is 0 Å². The van der Waals surface area contributed by atoms with Crippen LogP contribution < -0.4 is 0 Å². The summed E-state index contributed by atoms with van der Waals surface area (Å²) >= 11 is 0. The molecular formula is C48H33N3. The molecule has 6 aromatic carbocycles. The third-order valence-corrected chi connectivity index (χ3v) is 11.4. The van der Waals surface area contributed by atoms with E-state index in [0.717, 1.165) is 40.3 Å². The van der Waals surface area contributed by atoms with Crippen molar-refractivity contribution in [3.63, 3.8) is 0 Å². The van der Waals surface area contributed by atoms with Crippen molar-refractivity contribution in [1.82, 2.24) is 14.5 Å². The number of hydrogen-bond donors (Lipinski definition) is 0. The maximum absolute atomic E-state index is 5.25. The molecule has 2 aliphatic carbocycles. The summed E-state index contributed by atoms with van der Waals surface area (Å²) in [5, 5.41) is 2.55. The third kappa shape index (κ3) is 3.83. The smallest absolute Gasteiger partial charge is 0.160 e. The highest BCUT2D eigenvalue weighted by molar-refractivity contribution is 6.13. The average Bonchev–Trinajstić information content (AvgIpc) is 3.70. The minimum absolute atomic E-state index is 0.436. The Morgan fingerprint density at radius 2 is 1.25 bits per heavy atom. The molecule has 1 aliphatic heterocycles. The molecule has 8 aromatic rings. The van der Waals surface area contributed by atoms with Crippen molar-refractivity contribution >= 4 is 27.4 Å². The first-order valence-electron chi connectivity index (χ1n) is 17.9. The van der Waals surface area contributed by atoms with Gasteiger partial charge in [0.15, 0.2) is 5.82 Å². The Bertz CT molecular complexity index is 2730. The summed E-state index contributed by atoms with van der Waals surface area (Å²) in [5.74, 6) is 1.15. The molecule has 3 heteroatoms. The van der Waals surface area contributed by atoms with Crippen molar-refractivity contribution < 1.29 is 0 Å². The van der Waals surface area contributed by atoms with E-state index in [1.807, 2.05) is 12.1 Å². The van der Waals surface area contributed by atoms with E-state index in [1.54, 1.807) is 0 Å². The number of allylic oxidation sites excluding steroid dienone is 4. The van der Waals surface area contributed by atoms with Crippen molar-refractivity contribution in [2.75, 3.05) is 0 Å². The van der Waals surface area contributed by atoms with Crippen molar-refractivity contribution in [3.05, 3.63) is 192 Å². The van der Waals surface area contributed by atoms with Gasteiger partial charge in [-0.15, -0.1) is 0 Å². The zero-order valence-corrected chi connectivity index (χ0v) is 28.2. The van der Waals surface area contributed by atoms with Crippen molar-refractivity contribution in [1.29, 1.82) is 0 Å². The summed E-state index contributed by atoms with van der Waals surface area (Å²) in [6, 6.07) is 54.9. The lowest BCUT2D eigenvalue weighted by atomic mass is 9.64. The fourth-order valence-corrected chi connectivity index (χ4v) is 9.35. The first kappa shape index (κ1) is 28.5. The number of fused-ring (bicyclic) bond motifs is 11. The molecule has 0 N–H and O–H groups in total. The Morgan fingerprint density at radius 3 is 2.04 bits per heavy atom. The predicted octanol–water partition coefficient (Wildman–Crippen LogP) is 11.6. The lowest BCUT2D eigenvalue weighted by molar-refractivity contribution is 0.713. The van der Waals surface area contributed by atoms with Gasteiger partial charge in [0.2, 0.25) is 0 Å². The predicted molar refractivity (Wildman–Crippen MR) is 209 cm³/mol. The van der Waals surface area contributed by atoms with Crippen molar-refractivity contribution in [2.24, 2.45) is 5.92 Å². The lowest BCUT2D eigenvalue weighted by Crippen LogP contribution is -2.34. The van der Waals surface area contributed by atoms with Gasteiger partial charge < -0.3 is 4.57 Å². The van der Waals surface area contributed by atoms with Crippen molar-refractivity contribution in [2.45, 2.75) is 18.8 Å². The maximum atomic E-state index is 5.25. The number of nitrogens with zero attached hydrogens (tertiary/aromatic N) is 3. The molecule has 3 aliphatic rings. The number of rotatable bonds is 3. The molecule has 2 aromatic heterocycles. The molecule has 0 saturated carbocycles. The van der Waals surface area contributed by atoms with Crippen LogP contribution in [0.1, 0.15) is 35.6 Å². The van der Waals surface area contributed by atoms with Crippen LogP contribution in [0, 0.1) is 5.92 Å². The number of aromatic nitrogens is 3. The molecule has 0 radical (unpaired) electrons. The third-order valence-electron chi connectivity index (χ3n) is 11.4. The number of para-hydroxylation sites is 2. The van der Waals surface area contributed by atoms with E-state index in [0.29, 0.717) is 5.92 Å². The molecule has 51 heavy (non-hydrogen) atoms. The largest absolute Gasteiger partial charge is 0.309 e. The molecule has 0 fully saturated rings. The summed E-state index contributed by atoms with van der Waals surface area (Å²) in [6.07, 6.45) is 5.88. The summed E-state index contributed by atoms with van der Waals surface area (Å²) in [6.45, 7) is 2.39. The van der Waals surface area contributed by atoms with Gasteiger partial charge in [-0.2, -0.15) is 0 Å². The molecule has 240 valence electrons. The maximum Gasteiger partial charge on any atom is 0.160 e. The Balaban J connectivity index is 1.25. The Hall–Kier alpha value is -6.32. The van der Waals surface area contributed by atoms with Gasteiger partial charge in [-0.1, -0.05) is 153 Å². The highest BCUT2D eigenvalue weighted by Crippen LogP contribution is 2.62. The highest BCUT2D eigenvalue weighted by Gasteiger charge is 2.52. The minimum atomic E-state index is -0.448. The molecule has 2 atom stereocenters. The van der Waals surface area contributed by atoms with Gasteiger partial charge in [-0.05, 0) is 63.9 Å². The van der Waals surface area contributed by atoms with Crippen LogP contribution in [-0.2, 0) is 5.41 Å². The molecule has 0 saturated heterocycles. The first-order chi connectivity index (χ1) is 25.2. The second-order valence-electron chi connectivity index (χ2n) is 14.1. The molecule has 3 nitrogen and oxygen atoms in total. The molecule has 0 bridgehead atoms. The van der Waals surface area contributed by atoms with Crippen LogP contribution in [-0.4, -0.2) is 14.5 Å². The second kappa shape index (κ2) is 10.6. The molecule has 0 amide bonds.